The van der Waals surface area contributed by atoms with Crippen molar-refractivity contribution in [3.8, 4) is 0 Å². The first-order chi connectivity index (χ1) is 4.33. The van der Waals surface area contributed by atoms with Crippen LogP contribution in [0.4, 0.5) is 0 Å². The molecule has 0 nitrogen and oxygen atoms in total. The van der Waals surface area contributed by atoms with Gasteiger partial charge in [0.15, 0.2) is 0 Å². The van der Waals surface area contributed by atoms with Crippen LogP contribution >= 0.6 is 0 Å². The Balaban J connectivity index is -0.000000270. The third-order valence-electron chi connectivity index (χ3n) is 1.59. The molecule has 0 aromatic heterocycles. The molecular weight excluding hydrogens is 270 g/mol. The summed E-state index contributed by atoms with van der Waals surface area (Å²) in [5.74, 6) is 0. The van der Waals surface area contributed by atoms with Crippen LogP contribution in [0.25, 0.3) is 0 Å². The molecule has 0 saturated carbocycles. The Labute approximate surface area is 107 Å². The maximum Gasteiger partial charge on any atom is 3.00 e. The van der Waals surface area contributed by atoms with Gasteiger partial charge in [0.2, 0.25) is 0 Å². The maximum atomic E-state index is 3.28. The van der Waals surface area contributed by atoms with Gasteiger partial charge < -0.3 is 24.8 Å². The molecule has 1 aliphatic rings. The summed E-state index contributed by atoms with van der Waals surface area (Å²) in [6.45, 7) is 4.33. The quantitative estimate of drug-likeness (QED) is 0.470. The van der Waals surface area contributed by atoms with Gasteiger partial charge in [0.05, 0.1) is 0 Å². The number of rotatable bonds is 2. The van der Waals surface area contributed by atoms with Crippen LogP contribution in [0.5, 0.6) is 0 Å². The predicted octanol–water partition coefficient (Wildman–Crippen LogP) is -3.13. The summed E-state index contributed by atoms with van der Waals surface area (Å²) in [4.78, 5) is 0. The monoisotopic (exact) mass is 281 g/mol. The van der Waals surface area contributed by atoms with Crippen LogP contribution < -0.4 is 24.8 Å². The molecule has 0 aromatic carbocycles. The molecule has 0 aromatic rings. The van der Waals surface area contributed by atoms with Crippen LogP contribution in [0.2, 0.25) is 0 Å². The molecule has 0 bridgehead atoms. The number of hydrogen-bond donors (Lipinski definition) is 0. The summed E-state index contributed by atoms with van der Waals surface area (Å²) in [6.07, 6.45) is 9.13. The van der Waals surface area contributed by atoms with Gasteiger partial charge >= 0.3 is 26.2 Å². The first kappa shape index (κ1) is 18.7. The molecule has 0 N–H and O–H groups in total. The van der Waals surface area contributed by atoms with Gasteiger partial charge in [0.1, 0.15) is 0 Å². The van der Waals surface area contributed by atoms with Gasteiger partial charge in [0, 0.05) is 0 Å². The normalized spacial score (nSPS) is 13.2. The average molecular weight is 283 g/mol. The fourth-order valence-electron chi connectivity index (χ4n) is 1.14. The first-order valence-corrected chi connectivity index (χ1v) is 3.60. The van der Waals surface area contributed by atoms with E-state index >= 15 is 0 Å². The third-order valence-corrected chi connectivity index (χ3v) is 1.59. The second-order valence-electron chi connectivity index (χ2n) is 2.59. The average Bonchev–Trinajstić information content (AvgIpc) is 2.17. The second kappa shape index (κ2) is 10.0. The number of halogens is 2. The van der Waals surface area contributed by atoms with Crippen LogP contribution in [0, 0.1) is 6.08 Å². The van der Waals surface area contributed by atoms with Crippen LogP contribution in [0.3, 0.4) is 0 Å². The third kappa shape index (κ3) is 6.46. The van der Waals surface area contributed by atoms with Crippen molar-refractivity contribution in [3.63, 3.8) is 0 Å². The largest absolute Gasteiger partial charge is 3.00 e. The maximum absolute atomic E-state index is 3.28. The molecule has 0 amide bonds. The summed E-state index contributed by atoms with van der Waals surface area (Å²) in [5, 5.41) is 0. The van der Waals surface area contributed by atoms with E-state index in [9.17, 15) is 0 Å². The van der Waals surface area contributed by atoms with Crippen LogP contribution in [0.15, 0.2) is 17.2 Å². The Hall–Kier alpha value is 0.943. The zero-order valence-corrected chi connectivity index (χ0v) is 11.4. The summed E-state index contributed by atoms with van der Waals surface area (Å²) >= 11 is 0. The van der Waals surface area contributed by atoms with Gasteiger partial charge in [-0.25, -0.2) is 11.6 Å². The van der Waals surface area contributed by atoms with E-state index in [0.717, 1.165) is 6.42 Å². The molecule has 1 rings (SSSR count). The van der Waals surface area contributed by atoms with E-state index in [4.69, 9.17) is 0 Å². The standard InChI is InChI=1S/C9H13.2ClH.Zr/c1-3-4-9-6-5-8(2)7-9;;;/h7H,3-4,6H2,1-2H3;2*1H;/q-1;;;+3/p-2. The van der Waals surface area contributed by atoms with E-state index in [2.05, 4.69) is 26.0 Å². The van der Waals surface area contributed by atoms with Crippen LogP contribution in [0.1, 0.15) is 33.1 Å². The van der Waals surface area contributed by atoms with Gasteiger partial charge in [-0.2, -0.15) is 5.57 Å². The Morgan fingerprint density at radius 2 is 2.00 bits per heavy atom. The molecule has 0 heterocycles. The van der Waals surface area contributed by atoms with E-state index < -0.39 is 0 Å². The predicted molar refractivity (Wildman–Crippen MR) is 40.0 cm³/mol. The topological polar surface area (TPSA) is 0 Å². The Kier molecular flexibility index (Phi) is 15.6. The minimum atomic E-state index is 0. The molecule has 0 aliphatic heterocycles. The van der Waals surface area contributed by atoms with E-state index in [-0.39, 0.29) is 51.0 Å². The molecule has 0 saturated heterocycles. The van der Waals surface area contributed by atoms with E-state index in [1.807, 2.05) is 0 Å². The number of allylic oxidation sites excluding steroid dienone is 4. The van der Waals surface area contributed by atoms with Crippen LogP contribution in [-0.2, 0) is 26.2 Å². The van der Waals surface area contributed by atoms with Gasteiger partial charge in [0.25, 0.3) is 0 Å². The van der Waals surface area contributed by atoms with Crippen molar-refractivity contribution in [2.24, 2.45) is 0 Å². The van der Waals surface area contributed by atoms with Crippen molar-refractivity contribution in [2.75, 3.05) is 0 Å². The van der Waals surface area contributed by atoms with Crippen molar-refractivity contribution < 1.29 is 51.0 Å². The van der Waals surface area contributed by atoms with E-state index in [1.54, 1.807) is 5.57 Å². The zero-order chi connectivity index (χ0) is 6.69. The number of hydrogen-bond acceptors (Lipinski definition) is 0. The van der Waals surface area contributed by atoms with Crippen LogP contribution in [-0.4, -0.2) is 0 Å². The van der Waals surface area contributed by atoms with Crippen molar-refractivity contribution in [3.05, 3.63) is 23.3 Å². The molecule has 1 aliphatic carbocycles. The molecule has 3 heteroatoms. The van der Waals surface area contributed by atoms with Gasteiger partial charge in [-0.05, 0) is 6.42 Å². The van der Waals surface area contributed by atoms with Gasteiger partial charge in [-0.15, -0.1) is 6.42 Å². The first-order valence-electron chi connectivity index (χ1n) is 3.60. The Bertz CT molecular complexity index is 162. The molecule has 0 unspecified atom stereocenters. The molecule has 0 atom stereocenters. The Morgan fingerprint density at radius 1 is 1.42 bits per heavy atom. The SMILES string of the molecule is CCCC1=CC(C)=[C-]C1.[Cl-].[Cl-].[Zr+3]. The van der Waals surface area contributed by atoms with Crippen molar-refractivity contribution in [1.82, 2.24) is 0 Å². The minimum Gasteiger partial charge on any atom is -1.00 e. The van der Waals surface area contributed by atoms with Gasteiger partial charge in [-0.1, -0.05) is 20.3 Å². The smallest absolute Gasteiger partial charge is 1.00 e. The molecule has 67 valence electrons. The minimum absolute atomic E-state index is 0. The molecule has 0 spiro atoms. The fraction of sp³-hybridized carbons (Fsp3) is 0.556. The summed E-state index contributed by atoms with van der Waals surface area (Å²) < 4.78 is 0. The molecule has 12 heavy (non-hydrogen) atoms. The van der Waals surface area contributed by atoms with E-state index in [0.29, 0.717) is 0 Å². The molecular formula is C9H13Cl2Zr. The summed E-state index contributed by atoms with van der Waals surface area (Å²) in [5.41, 5.74) is 2.87. The Morgan fingerprint density at radius 3 is 2.33 bits per heavy atom. The summed E-state index contributed by atoms with van der Waals surface area (Å²) in [6, 6.07) is 0. The van der Waals surface area contributed by atoms with Crippen molar-refractivity contribution in [2.45, 2.75) is 33.1 Å². The van der Waals surface area contributed by atoms with Crippen molar-refractivity contribution >= 4 is 0 Å². The van der Waals surface area contributed by atoms with Crippen molar-refractivity contribution in [1.29, 1.82) is 0 Å². The molecule has 0 fully saturated rings. The second-order valence-corrected chi connectivity index (χ2v) is 2.59. The fourth-order valence-corrected chi connectivity index (χ4v) is 1.14. The summed E-state index contributed by atoms with van der Waals surface area (Å²) in [7, 11) is 0. The van der Waals surface area contributed by atoms with Gasteiger partial charge in [-0.3, -0.25) is 6.08 Å². The molecule has 1 radical (unpaired) electrons. The van der Waals surface area contributed by atoms with E-state index in [1.165, 1.54) is 18.4 Å². The zero-order valence-electron chi connectivity index (χ0n) is 7.45.